The second-order valence-corrected chi connectivity index (χ2v) is 5.74. The molecule has 0 spiro atoms. The Hall–Kier alpha value is -0.730. The van der Waals surface area contributed by atoms with Crippen LogP contribution in [0.3, 0.4) is 0 Å². The van der Waals surface area contributed by atoms with E-state index in [9.17, 15) is 4.79 Å². The van der Waals surface area contributed by atoms with Crippen molar-refractivity contribution >= 4 is 59.0 Å². The predicted molar refractivity (Wildman–Crippen MR) is 108 cm³/mol. The molecular weight excluding hydrogens is 450 g/mol. The third-order valence-corrected chi connectivity index (χ3v) is 3.48. The van der Waals surface area contributed by atoms with E-state index < -0.39 is 0 Å². The minimum Gasteiger partial charge on any atom is -0.357 e. The van der Waals surface area contributed by atoms with Crippen LogP contribution in [0.1, 0.15) is 18.9 Å². The Morgan fingerprint density at radius 3 is 2.52 bits per heavy atom. The van der Waals surface area contributed by atoms with Gasteiger partial charge >= 0.3 is 0 Å². The van der Waals surface area contributed by atoms with Gasteiger partial charge in [-0.25, -0.2) is 4.99 Å². The van der Waals surface area contributed by atoms with E-state index in [0.29, 0.717) is 35.5 Å². The van der Waals surface area contributed by atoms with Crippen LogP contribution in [0.15, 0.2) is 23.2 Å². The van der Waals surface area contributed by atoms with Crippen molar-refractivity contribution in [3.8, 4) is 0 Å². The first-order valence-corrected chi connectivity index (χ1v) is 7.86. The summed E-state index contributed by atoms with van der Waals surface area (Å²) in [6, 6.07) is 5.34. The highest BCUT2D eigenvalue weighted by Crippen LogP contribution is 2.21. The van der Waals surface area contributed by atoms with E-state index >= 15 is 0 Å². The highest BCUT2D eigenvalue weighted by atomic mass is 127. The molecule has 0 aliphatic carbocycles. The number of rotatable bonds is 6. The first-order valence-electron chi connectivity index (χ1n) is 7.10. The fraction of sp³-hybridized carbons (Fsp3) is 0.467. The summed E-state index contributed by atoms with van der Waals surface area (Å²) in [5.74, 6) is 0.726. The number of nitrogens with zero attached hydrogens (tertiary/aromatic N) is 2. The summed E-state index contributed by atoms with van der Waals surface area (Å²) < 4.78 is 0. The molecule has 5 nitrogen and oxygen atoms in total. The van der Waals surface area contributed by atoms with Gasteiger partial charge in [0.25, 0.3) is 0 Å². The third-order valence-electron chi connectivity index (χ3n) is 2.90. The van der Waals surface area contributed by atoms with Crippen molar-refractivity contribution in [2.75, 3.05) is 27.2 Å². The molecule has 23 heavy (non-hydrogen) atoms. The Kier molecular flexibility index (Phi) is 11.4. The summed E-state index contributed by atoms with van der Waals surface area (Å²) in [6.07, 6.45) is 0.416. The molecule has 0 radical (unpaired) electrons. The molecule has 1 aromatic carbocycles. The molecule has 0 aliphatic heterocycles. The summed E-state index contributed by atoms with van der Waals surface area (Å²) >= 11 is 12.0. The number of halogens is 3. The summed E-state index contributed by atoms with van der Waals surface area (Å²) in [6.45, 7) is 3.68. The van der Waals surface area contributed by atoms with E-state index in [1.807, 2.05) is 13.0 Å². The molecule has 0 saturated heterocycles. The average molecular weight is 473 g/mol. The molecule has 1 rings (SSSR count). The van der Waals surface area contributed by atoms with Crippen molar-refractivity contribution in [1.29, 1.82) is 0 Å². The topological polar surface area (TPSA) is 56.7 Å². The fourth-order valence-electron chi connectivity index (χ4n) is 1.67. The molecule has 0 bridgehead atoms. The van der Waals surface area contributed by atoms with Gasteiger partial charge in [0, 0.05) is 43.7 Å². The molecule has 1 amide bonds. The third kappa shape index (κ3) is 8.62. The number of nitrogens with one attached hydrogen (secondary N) is 2. The van der Waals surface area contributed by atoms with E-state index in [0.717, 1.165) is 12.1 Å². The molecule has 0 aliphatic rings. The quantitative estimate of drug-likeness (QED) is 0.380. The first kappa shape index (κ1) is 22.3. The molecule has 130 valence electrons. The van der Waals surface area contributed by atoms with Crippen molar-refractivity contribution in [1.82, 2.24) is 15.5 Å². The van der Waals surface area contributed by atoms with Gasteiger partial charge in [-0.1, -0.05) is 29.3 Å². The molecule has 0 unspecified atom stereocenters. The maximum atomic E-state index is 11.5. The maximum absolute atomic E-state index is 11.5. The first-order chi connectivity index (χ1) is 10.4. The number of amides is 1. The number of carbonyl (C=O) groups excluding carboxylic acids is 1. The number of aliphatic imine (C=N–C) groups is 1. The van der Waals surface area contributed by atoms with E-state index in [1.54, 1.807) is 31.1 Å². The van der Waals surface area contributed by atoms with Crippen molar-refractivity contribution in [3.05, 3.63) is 33.8 Å². The van der Waals surface area contributed by atoms with Crippen LogP contribution in [0, 0.1) is 0 Å². The number of hydrogen-bond acceptors (Lipinski definition) is 2. The lowest BCUT2D eigenvalue weighted by Crippen LogP contribution is -2.39. The van der Waals surface area contributed by atoms with Crippen LogP contribution in [0.2, 0.25) is 10.0 Å². The average Bonchev–Trinajstić information content (AvgIpc) is 2.45. The van der Waals surface area contributed by atoms with Crippen LogP contribution >= 0.6 is 47.2 Å². The molecule has 8 heteroatoms. The maximum Gasteiger partial charge on any atom is 0.223 e. The number of hydrogen-bond donors (Lipinski definition) is 2. The van der Waals surface area contributed by atoms with Crippen LogP contribution in [-0.4, -0.2) is 44.0 Å². The smallest absolute Gasteiger partial charge is 0.223 e. The molecule has 0 fully saturated rings. The molecular formula is C15H23Cl2IN4O. The summed E-state index contributed by atoms with van der Waals surface area (Å²) in [4.78, 5) is 17.6. The number of benzene rings is 1. The van der Waals surface area contributed by atoms with Crippen molar-refractivity contribution in [2.24, 2.45) is 4.99 Å². The lowest BCUT2D eigenvalue weighted by Gasteiger charge is -2.13. The SMILES string of the molecule is CCNC(=NCc1ccc(Cl)cc1Cl)NCCC(=O)N(C)C.I. The second kappa shape index (κ2) is 11.8. The number of guanidine groups is 1. The zero-order valence-electron chi connectivity index (χ0n) is 13.5. The van der Waals surface area contributed by atoms with E-state index in [1.165, 1.54) is 0 Å². The highest BCUT2D eigenvalue weighted by Gasteiger charge is 2.05. The predicted octanol–water partition coefficient (Wildman–Crippen LogP) is 3.14. The van der Waals surface area contributed by atoms with Gasteiger partial charge in [0.05, 0.1) is 6.54 Å². The van der Waals surface area contributed by atoms with Crippen LogP contribution in [-0.2, 0) is 11.3 Å². The van der Waals surface area contributed by atoms with Gasteiger partial charge in [-0.3, -0.25) is 4.79 Å². The second-order valence-electron chi connectivity index (χ2n) is 4.90. The summed E-state index contributed by atoms with van der Waals surface area (Å²) in [5, 5.41) is 7.46. The van der Waals surface area contributed by atoms with Crippen LogP contribution < -0.4 is 10.6 Å². The fourth-order valence-corrected chi connectivity index (χ4v) is 2.14. The van der Waals surface area contributed by atoms with E-state index in [4.69, 9.17) is 23.2 Å². The minimum absolute atomic E-state index is 0. The van der Waals surface area contributed by atoms with Crippen LogP contribution in [0.4, 0.5) is 0 Å². The molecule has 0 atom stereocenters. The highest BCUT2D eigenvalue weighted by molar-refractivity contribution is 14.0. The normalized spacial score (nSPS) is 10.7. The summed E-state index contributed by atoms with van der Waals surface area (Å²) in [5.41, 5.74) is 0.896. The Morgan fingerprint density at radius 1 is 1.26 bits per heavy atom. The van der Waals surface area contributed by atoms with Crippen molar-refractivity contribution in [2.45, 2.75) is 19.9 Å². The van der Waals surface area contributed by atoms with Gasteiger partial charge in [-0.15, -0.1) is 24.0 Å². The lowest BCUT2D eigenvalue weighted by molar-refractivity contribution is -0.128. The Morgan fingerprint density at radius 2 is 1.96 bits per heavy atom. The van der Waals surface area contributed by atoms with Gasteiger partial charge in [0.15, 0.2) is 5.96 Å². The zero-order valence-corrected chi connectivity index (χ0v) is 17.4. The Balaban J connectivity index is 0.00000484. The Labute approximate surface area is 164 Å². The van der Waals surface area contributed by atoms with Gasteiger partial charge in [0.2, 0.25) is 5.91 Å². The van der Waals surface area contributed by atoms with Gasteiger partial charge in [0.1, 0.15) is 0 Å². The molecule has 0 saturated carbocycles. The van der Waals surface area contributed by atoms with E-state index in [2.05, 4.69) is 15.6 Å². The Bertz CT molecular complexity index is 538. The van der Waals surface area contributed by atoms with Crippen LogP contribution in [0.5, 0.6) is 0 Å². The largest absolute Gasteiger partial charge is 0.357 e. The van der Waals surface area contributed by atoms with Crippen LogP contribution in [0.25, 0.3) is 0 Å². The van der Waals surface area contributed by atoms with Gasteiger partial charge in [-0.2, -0.15) is 0 Å². The molecule has 0 aromatic heterocycles. The van der Waals surface area contributed by atoms with E-state index in [-0.39, 0.29) is 29.9 Å². The number of carbonyl (C=O) groups is 1. The standard InChI is InChI=1S/C15H22Cl2N4O.HI/c1-4-18-15(19-8-7-14(22)21(2)3)20-10-11-5-6-12(16)9-13(11)17;/h5-6,9H,4,7-8,10H2,1-3H3,(H2,18,19,20);1H. The molecule has 2 N–H and O–H groups in total. The molecule has 0 heterocycles. The van der Waals surface area contributed by atoms with Gasteiger partial charge < -0.3 is 15.5 Å². The van der Waals surface area contributed by atoms with Gasteiger partial charge in [-0.05, 0) is 24.6 Å². The minimum atomic E-state index is 0. The van der Waals surface area contributed by atoms with Crippen molar-refractivity contribution in [3.63, 3.8) is 0 Å². The monoisotopic (exact) mass is 472 g/mol. The summed E-state index contributed by atoms with van der Waals surface area (Å²) in [7, 11) is 3.48. The lowest BCUT2D eigenvalue weighted by atomic mass is 10.2. The molecule has 1 aromatic rings. The zero-order chi connectivity index (χ0) is 16.5. The van der Waals surface area contributed by atoms with Crippen molar-refractivity contribution < 1.29 is 4.79 Å².